The van der Waals surface area contributed by atoms with Gasteiger partial charge in [0.15, 0.2) is 18.2 Å². The first-order valence-electron chi connectivity index (χ1n) is 7.83. The third-order valence-corrected chi connectivity index (χ3v) is 3.87. The molecular formula is C18H19FN2O3. The van der Waals surface area contributed by atoms with Crippen molar-refractivity contribution in [3.63, 3.8) is 0 Å². The predicted octanol–water partition coefficient (Wildman–Crippen LogP) is 2.51. The van der Waals surface area contributed by atoms with E-state index in [4.69, 9.17) is 9.47 Å². The van der Waals surface area contributed by atoms with Crippen molar-refractivity contribution in [2.24, 2.45) is 0 Å². The molecule has 1 saturated heterocycles. The first-order valence-corrected chi connectivity index (χ1v) is 7.83. The summed E-state index contributed by atoms with van der Waals surface area (Å²) in [4.78, 5) is 18.3. The second-order valence-corrected chi connectivity index (χ2v) is 5.68. The highest BCUT2D eigenvalue weighted by Gasteiger charge is 2.26. The fourth-order valence-corrected chi connectivity index (χ4v) is 2.52. The van der Waals surface area contributed by atoms with Crippen molar-refractivity contribution in [1.82, 2.24) is 9.88 Å². The molecule has 0 radical (unpaired) electrons. The van der Waals surface area contributed by atoms with Gasteiger partial charge in [-0.05, 0) is 30.7 Å². The molecule has 1 aromatic heterocycles. The first kappa shape index (κ1) is 16.4. The van der Waals surface area contributed by atoms with Crippen LogP contribution in [-0.2, 0) is 9.53 Å². The average molecular weight is 330 g/mol. The Hall–Kier alpha value is -2.47. The highest BCUT2D eigenvalue weighted by atomic mass is 19.1. The smallest absolute Gasteiger partial charge is 0.260 e. The summed E-state index contributed by atoms with van der Waals surface area (Å²) < 4.78 is 24.5. The van der Waals surface area contributed by atoms with Gasteiger partial charge in [0, 0.05) is 12.7 Å². The molecule has 1 aliphatic heterocycles. The number of para-hydroxylation sites is 1. The maximum Gasteiger partial charge on any atom is 0.260 e. The maximum atomic E-state index is 13.5. The highest BCUT2D eigenvalue weighted by molar-refractivity contribution is 5.78. The summed E-state index contributed by atoms with van der Waals surface area (Å²) in [6.07, 6.45) is 1.53. The zero-order chi connectivity index (χ0) is 16.9. The molecular weight excluding hydrogens is 311 g/mol. The van der Waals surface area contributed by atoms with Gasteiger partial charge in [-0.2, -0.15) is 0 Å². The van der Waals surface area contributed by atoms with E-state index in [-0.39, 0.29) is 24.4 Å². The van der Waals surface area contributed by atoms with Gasteiger partial charge in [0.25, 0.3) is 5.91 Å². The van der Waals surface area contributed by atoms with Crippen LogP contribution in [0.3, 0.4) is 0 Å². The molecule has 3 rings (SSSR count). The van der Waals surface area contributed by atoms with Gasteiger partial charge in [-0.3, -0.25) is 9.78 Å². The number of hydrogen-bond acceptors (Lipinski definition) is 4. The van der Waals surface area contributed by atoms with Gasteiger partial charge in [0.2, 0.25) is 0 Å². The number of hydrogen-bond donors (Lipinski definition) is 0. The molecule has 0 saturated carbocycles. The molecule has 126 valence electrons. The molecule has 0 spiro atoms. The van der Waals surface area contributed by atoms with E-state index < -0.39 is 5.82 Å². The summed E-state index contributed by atoms with van der Waals surface area (Å²) >= 11 is 0. The number of aryl methyl sites for hydroxylation is 1. The molecule has 2 aromatic rings. The van der Waals surface area contributed by atoms with Crippen LogP contribution in [0.5, 0.6) is 5.75 Å². The summed E-state index contributed by atoms with van der Waals surface area (Å²) in [6.45, 7) is 3.10. The number of rotatable bonds is 4. The quantitative estimate of drug-likeness (QED) is 0.864. The number of benzene rings is 1. The van der Waals surface area contributed by atoms with Gasteiger partial charge in [0.05, 0.1) is 18.8 Å². The molecule has 1 fully saturated rings. The highest BCUT2D eigenvalue weighted by Crippen LogP contribution is 2.21. The molecule has 24 heavy (non-hydrogen) atoms. The lowest BCUT2D eigenvalue weighted by molar-refractivity contribution is -0.141. The van der Waals surface area contributed by atoms with Crippen LogP contribution >= 0.6 is 0 Å². The van der Waals surface area contributed by atoms with Crippen molar-refractivity contribution in [2.45, 2.75) is 13.0 Å². The van der Waals surface area contributed by atoms with E-state index in [1.54, 1.807) is 23.2 Å². The molecule has 1 aromatic carbocycles. The zero-order valence-electron chi connectivity index (χ0n) is 13.4. The lowest BCUT2D eigenvalue weighted by Gasteiger charge is -2.32. The Morgan fingerprint density at radius 3 is 2.96 bits per heavy atom. The normalized spacial score (nSPS) is 17.6. The maximum absolute atomic E-state index is 13.5. The second-order valence-electron chi connectivity index (χ2n) is 5.68. The number of nitrogens with zero attached hydrogens (tertiary/aromatic N) is 2. The molecule has 0 unspecified atom stereocenters. The van der Waals surface area contributed by atoms with E-state index in [0.717, 1.165) is 11.3 Å². The topological polar surface area (TPSA) is 51.7 Å². The van der Waals surface area contributed by atoms with Crippen molar-refractivity contribution < 1.29 is 18.7 Å². The van der Waals surface area contributed by atoms with E-state index in [1.165, 1.54) is 12.1 Å². The lowest BCUT2D eigenvalue weighted by atomic mass is 10.1. The van der Waals surface area contributed by atoms with Gasteiger partial charge in [0.1, 0.15) is 6.10 Å². The Morgan fingerprint density at radius 2 is 2.21 bits per heavy atom. The SMILES string of the molecule is Cc1ccc([C@H]2CN(C(=O)COc3ccccc3F)CCO2)nc1. The van der Waals surface area contributed by atoms with Gasteiger partial charge in [-0.25, -0.2) is 4.39 Å². The number of carbonyl (C=O) groups is 1. The summed E-state index contributed by atoms with van der Waals surface area (Å²) in [7, 11) is 0. The van der Waals surface area contributed by atoms with Crippen LogP contribution < -0.4 is 4.74 Å². The third kappa shape index (κ3) is 3.89. The molecule has 1 amide bonds. The Morgan fingerprint density at radius 1 is 1.38 bits per heavy atom. The molecule has 2 heterocycles. The number of amides is 1. The van der Waals surface area contributed by atoms with Crippen LogP contribution in [0, 0.1) is 12.7 Å². The van der Waals surface area contributed by atoms with Crippen LogP contribution in [0.4, 0.5) is 4.39 Å². The second kappa shape index (κ2) is 7.40. The van der Waals surface area contributed by atoms with Gasteiger partial charge in [-0.1, -0.05) is 18.2 Å². The van der Waals surface area contributed by atoms with Crippen molar-refractivity contribution >= 4 is 5.91 Å². The minimum atomic E-state index is -0.478. The predicted molar refractivity (Wildman–Crippen MR) is 86.1 cm³/mol. The number of halogens is 1. The summed E-state index contributed by atoms with van der Waals surface area (Å²) in [5.41, 5.74) is 1.87. The van der Waals surface area contributed by atoms with Gasteiger partial charge in [-0.15, -0.1) is 0 Å². The molecule has 1 aliphatic rings. The third-order valence-electron chi connectivity index (χ3n) is 3.87. The first-order chi connectivity index (χ1) is 11.6. The van der Waals surface area contributed by atoms with Gasteiger partial charge < -0.3 is 14.4 Å². The van der Waals surface area contributed by atoms with Crippen LogP contribution in [-0.4, -0.2) is 42.1 Å². The van der Waals surface area contributed by atoms with Crippen LogP contribution in [0.25, 0.3) is 0 Å². The number of aromatic nitrogens is 1. The number of ether oxygens (including phenoxy) is 2. The van der Waals surface area contributed by atoms with Crippen molar-refractivity contribution in [1.29, 1.82) is 0 Å². The van der Waals surface area contributed by atoms with Crippen LogP contribution in [0.2, 0.25) is 0 Å². The van der Waals surface area contributed by atoms with E-state index >= 15 is 0 Å². The monoisotopic (exact) mass is 330 g/mol. The van der Waals surface area contributed by atoms with E-state index in [0.29, 0.717) is 19.7 Å². The fraction of sp³-hybridized carbons (Fsp3) is 0.333. The van der Waals surface area contributed by atoms with Crippen LogP contribution in [0.15, 0.2) is 42.6 Å². The summed E-state index contributed by atoms with van der Waals surface area (Å²) in [5.74, 6) is -0.594. The van der Waals surface area contributed by atoms with Crippen molar-refractivity contribution in [3.8, 4) is 5.75 Å². The zero-order valence-corrected chi connectivity index (χ0v) is 13.4. The largest absolute Gasteiger partial charge is 0.481 e. The average Bonchev–Trinajstić information content (AvgIpc) is 2.61. The molecule has 6 heteroatoms. The molecule has 0 N–H and O–H groups in total. The summed E-state index contributed by atoms with van der Waals surface area (Å²) in [6, 6.07) is 9.91. The molecule has 5 nitrogen and oxygen atoms in total. The molecule has 0 bridgehead atoms. The molecule has 0 aliphatic carbocycles. The molecule has 1 atom stereocenters. The lowest BCUT2D eigenvalue weighted by Crippen LogP contribution is -2.44. The van der Waals surface area contributed by atoms with E-state index in [1.807, 2.05) is 19.1 Å². The van der Waals surface area contributed by atoms with Crippen molar-refractivity contribution in [3.05, 3.63) is 59.7 Å². The fourth-order valence-electron chi connectivity index (χ4n) is 2.52. The Bertz CT molecular complexity index is 706. The minimum absolute atomic E-state index is 0.0795. The van der Waals surface area contributed by atoms with Crippen LogP contribution in [0.1, 0.15) is 17.4 Å². The number of pyridine rings is 1. The number of morpholine rings is 1. The minimum Gasteiger partial charge on any atom is -0.481 e. The summed E-state index contributed by atoms with van der Waals surface area (Å²) in [5, 5.41) is 0. The van der Waals surface area contributed by atoms with E-state index in [9.17, 15) is 9.18 Å². The Labute approximate surface area is 140 Å². The van der Waals surface area contributed by atoms with E-state index in [2.05, 4.69) is 4.98 Å². The Balaban J connectivity index is 1.59. The standard InChI is InChI=1S/C18H19FN2O3/c1-13-6-7-15(20-10-13)17-11-21(8-9-23-17)18(22)12-24-16-5-3-2-4-14(16)19/h2-7,10,17H,8-9,11-12H2,1H3/t17-/m1/s1. The Kier molecular flexibility index (Phi) is 5.05. The van der Waals surface area contributed by atoms with Gasteiger partial charge >= 0.3 is 0 Å². The number of carbonyl (C=O) groups excluding carboxylic acids is 1. The van der Waals surface area contributed by atoms with Crippen molar-refractivity contribution in [2.75, 3.05) is 26.3 Å².